The summed E-state index contributed by atoms with van der Waals surface area (Å²) in [5.41, 5.74) is -0.0375. The molecule has 1 rings (SSSR count). The summed E-state index contributed by atoms with van der Waals surface area (Å²) in [6.07, 6.45) is -2.38. The highest BCUT2D eigenvalue weighted by Gasteiger charge is 2.24. The molecular weight excluding hydrogens is 234 g/mol. The minimum absolute atomic E-state index is 0.596. The van der Waals surface area contributed by atoms with Crippen molar-refractivity contribution in [3.63, 3.8) is 0 Å². The molecule has 0 fully saturated rings. The van der Waals surface area contributed by atoms with Gasteiger partial charge in [0.05, 0.1) is 0 Å². The molecule has 18 heavy (non-hydrogen) atoms. The molecule has 1 aromatic carbocycles. The molecule has 0 aliphatic rings. The van der Waals surface area contributed by atoms with E-state index in [1.165, 1.54) is 0 Å². The lowest BCUT2D eigenvalue weighted by Crippen LogP contribution is -2.39. The Labute approximate surface area is 106 Å². The number of ether oxygens (including phenoxy) is 1. The lowest BCUT2D eigenvalue weighted by Gasteiger charge is -2.24. The van der Waals surface area contributed by atoms with Crippen LogP contribution in [0.2, 0.25) is 0 Å². The van der Waals surface area contributed by atoms with Crippen LogP contribution in [0.25, 0.3) is 0 Å². The molecule has 0 aliphatic carbocycles. The third-order valence-corrected chi connectivity index (χ3v) is 2.13. The Morgan fingerprint density at radius 1 is 1.22 bits per heavy atom. The van der Waals surface area contributed by atoms with E-state index >= 15 is 0 Å². The van der Waals surface area contributed by atoms with Crippen LogP contribution < -0.4 is 5.32 Å². The Kier molecular flexibility index (Phi) is 4.69. The van der Waals surface area contributed by atoms with Crippen LogP contribution in [0.3, 0.4) is 0 Å². The van der Waals surface area contributed by atoms with Gasteiger partial charge in [-0.2, -0.15) is 0 Å². The lowest BCUT2D eigenvalue weighted by atomic mass is 10.1. The van der Waals surface area contributed by atoms with Crippen LogP contribution in [0, 0.1) is 0 Å². The number of aliphatic hydroxyl groups excluding tert-OH is 1. The van der Waals surface area contributed by atoms with Crippen molar-refractivity contribution in [2.75, 3.05) is 0 Å². The first-order chi connectivity index (χ1) is 8.29. The molecule has 0 aromatic heterocycles. The van der Waals surface area contributed by atoms with E-state index in [-0.39, 0.29) is 0 Å². The molecule has 1 aromatic rings. The van der Waals surface area contributed by atoms with Crippen molar-refractivity contribution in [1.29, 1.82) is 0 Å². The summed E-state index contributed by atoms with van der Waals surface area (Å²) in [4.78, 5) is 11.6. The highest BCUT2D eigenvalue weighted by atomic mass is 16.6. The Bertz CT molecular complexity index is 384. The number of rotatable bonds is 3. The van der Waals surface area contributed by atoms with Crippen molar-refractivity contribution in [2.24, 2.45) is 0 Å². The van der Waals surface area contributed by atoms with Crippen LogP contribution in [-0.2, 0) is 4.74 Å². The number of carbonyl (C=O) groups is 1. The van der Waals surface area contributed by atoms with Crippen LogP contribution in [0.4, 0.5) is 4.79 Å². The predicted octanol–water partition coefficient (Wildman–Crippen LogP) is 1.56. The van der Waals surface area contributed by atoms with E-state index < -0.39 is 24.0 Å². The van der Waals surface area contributed by atoms with Gasteiger partial charge in [-0.05, 0) is 26.3 Å². The Balaban J connectivity index is 2.74. The molecule has 0 spiro atoms. The second kappa shape index (κ2) is 5.84. The maximum Gasteiger partial charge on any atom is 0.408 e. The Morgan fingerprint density at radius 3 is 2.22 bits per heavy atom. The van der Waals surface area contributed by atoms with Crippen molar-refractivity contribution in [1.82, 2.24) is 5.32 Å². The molecule has 0 radical (unpaired) electrons. The number of nitrogens with one attached hydrogen (secondary N) is 1. The van der Waals surface area contributed by atoms with Crippen molar-refractivity contribution in [2.45, 2.75) is 38.7 Å². The van der Waals surface area contributed by atoms with Crippen LogP contribution in [0.15, 0.2) is 30.3 Å². The van der Waals surface area contributed by atoms with E-state index in [1.54, 1.807) is 51.1 Å². The molecule has 0 bridgehead atoms. The summed E-state index contributed by atoms with van der Waals surface area (Å²) in [5, 5.41) is 21.0. The molecule has 0 heterocycles. The minimum atomic E-state index is -1.69. The van der Waals surface area contributed by atoms with Gasteiger partial charge in [-0.3, -0.25) is 0 Å². The predicted molar refractivity (Wildman–Crippen MR) is 66.8 cm³/mol. The monoisotopic (exact) mass is 253 g/mol. The maximum absolute atomic E-state index is 11.6. The van der Waals surface area contributed by atoms with Gasteiger partial charge < -0.3 is 20.3 Å². The fourth-order valence-corrected chi connectivity index (χ4v) is 1.42. The Morgan fingerprint density at radius 2 is 1.78 bits per heavy atom. The summed E-state index contributed by atoms with van der Waals surface area (Å²) in [5.74, 6) is 0. The zero-order valence-electron chi connectivity index (χ0n) is 10.8. The van der Waals surface area contributed by atoms with E-state index in [2.05, 4.69) is 5.32 Å². The summed E-state index contributed by atoms with van der Waals surface area (Å²) in [7, 11) is 0. The molecule has 3 N–H and O–H groups in total. The molecule has 0 saturated carbocycles. The fraction of sp³-hybridized carbons (Fsp3) is 0.462. The van der Waals surface area contributed by atoms with Crippen molar-refractivity contribution in [3.8, 4) is 0 Å². The van der Waals surface area contributed by atoms with Gasteiger partial charge in [0.25, 0.3) is 0 Å². The highest BCUT2D eigenvalue weighted by Crippen LogP contribution is 2.16. The quantitative estimate of drug-likeness (QED) is 0.714. The van der Waals surface area contributed by atoms with Crippen LogP contribution >= 0.6 is 0 Å². The van der Waals surface area contributed by atoms with Crippen molar-refractivity contribution in [3.05, 3.63) is 35.9 Å². The van der Waals surface area contributed by atoms with E-state index in [0.717, 1.165) is 0 Å². The number of carbonyl (C=O) groups excluding carboxylic acids is 1. The molecule has 1 amide bonds. The number of hydrogen-bond acceptors (Lipinski definition) is 4. The highest BCUT2D eigenvalue weighted by molar-refractivity contribution is 5.68. The zero-order valence-corrected chi connectivity index (χ0v) is 10.8. The molecule has 100 valence electrons. The second-order valence-corrected chi connectivity index (χ2v) is 4.95. The summed E-state index contributed by atoms with van der Waals surface area (Å²) >= 11 is 0. The summed E-state index contributed by atoms with van der Waals surface area (Å²) in [6.45, 7) is 5.21. The molecule has 0 saturated heterocycles. The smallest absolute Gasteiger partial charge is 0.408 e. The van der Waals surface area contributed by atoms with Gasteiger partial charge in [0.2, 0.25) is 0 Å². The van der Waals surface area contributed by atoms with Crippen molar-refractivity contribution >= 4 is 6.09 Å². The van der Waals surface area contributed by atoms with Gasteiger partial charge in [-0.25, -0.2) is 4.79 Å². The van der Waals surface area contributed by atoms with E-state index in [9.17, 15) is 15.0 Å². The van der Waals surface area contributed by atoms with Crippen molar-refractivity contribution < 1.29 is 19.7 Å². The fourth-order valence-electron chi connectivity index (χ4n) is 1.42. The lowest BCUT2D eigenvalue weighted by molar-refractivity contribution is -0.0693. The van der Waals surface area contributed by atoms with Gasteiger partial charge in [0.15, 0.2) is 6.29 Å². The van der Waals surface area contributed by atoms with E-state index in [0.29, 0.717) is 5.56 Å². The first-order valence-electron chi connectivity index (χ1n) is 5.70. The minimum Gasteiger partial charge on any atom is -0.444 e. The van der Waals surface area contributed by atoms with Gasteiger partial charge >= 0.3 is 6.09 Å². The molecular formula is C13H19NO4. The second-order valence-electron chi connectivity index (χ2n) is 4.95. The molecule has 0 unspecified atom stereocenters. The van der Waals surface area contributed by atoms with Crippen LogP contribution in [0.5, 0.6) is 0 Å². The number of alkyl carbamates (subject to hydrolysis) is 1. The van der Waals surface area contributed by atoms with E-state index in [4.69, 9.17) is 4.74 Å². The number of amides is 1. The SMILES string of the molecule is CC(C)(C)OC(=O)N[C@H](c1ccccc1)C(O)O. The maximum atomic E-state index is 11.6. The molecule has 5 nitrogen and oxygen atoms in total. The van der Waals surface area contributed by atoms with Crippen LogP contribution in [0.1, 0.15) is 32.4 Å². The average molecular weight is 253 g/mol. The van der Waals surface area contributed by atoms with Crippen LogP contribution in [-0.4, -0.2) is 28.2 Å². The molecule has 5 heteroatoms. The van der Waals surface area contributed by atoms with Gasteiger partial charge in [-0.1, -0.05) is 30.3 Å². The van der Waals surface area contributed by atoms with Gasteiger partial charge in [0.1, 0.15) is 11.6 Å². The topological polar surface area (TPSA) is 78.8 Å². The first kappa shape index (κ1) is 14.5. The van der Waals surface area contributed by atoms with Gasteiger partial charge in [-0.15, -0.1) is 0 Å². The third kappa shape index (κ3) is 4.73. The number of aliphatic hydroxyl groups is 2. The number of hydrogen-bond donors (Lipinski definition) is 3. The zero-order chi connectivity index (χ0) is 13.8. The number of benzene rings is 1. The summed E-state index contributed by atoms with van der Waals surface area (Å²) < 4.78 is 5.07. The summed E-state index contributed by atoms with van der Waals surface area (Å²) in [6, 6.07) is 7.78. The Hall–Kier alpha value is -1.59. The normalized spacial score (nSPS) is 13.2. The average Bonchev–Trinajstić information content (AvgIpc) is 2.24. The van der Waals surface area contributed by atoms with E-state index in [1.807, 2.05) is 0 Å². The third-order valence-electron chi connectivity index (χ3n) is 2.13. The molecule has 1 atom stereocenters. The standard InChI is InChI=1S/C13H19NO4/c1-13(2,3)18-12(17)14-10(11(15)16)9-7-5-4-6-8-9/h4-8,10-11,15-16H,1-3H3,(H,14,17)/t10-/m1/s1. The molecule has 0 aliphatic heterocycles. The van der Waals surface area contributed by atoms with Gasteiger partial charge in [0, 0.05) is 0 Å². The largest absolute Gasteiger partial charge is 0.444 e. The first-order valence-corrected chi connectivity index (χ1v) is 5.70.